The van der Waals surface area contributed by atoms with Gasteiger partial charge in [0.2, 0.25) is 0 Å². The third kappa shape index (κ3) is 4.94. The van der Waals surface area contributed by atoms with Crippen LogP contribution in [0.4, 0.5) is 0 Å². The molecule has 5 heteroatoms. The molecule has 1 saturated carbocycles. The molecule has 1 aliphatic heterocycles. The number of nitrogens with zero attached hydrogens (tertiary/aromatic N) is 1. The summed E-state index contributed by atoms with van der Waals surface area (Å²) in [5, 5.41) is 0. The van der Waals surface area contributed by atoms with Gasteiger partial charge in [-0.05, 0) is 68.1 Å². The summed E-state index contributed by atoms with van der Waals surface area (Å²) in [5.74, 6) is 1.42. The van der Waals surface area contributed by atoms with Crippen LogP contribution in [-0.2, 0) is 9.59 Å². The first-order chi connectivity index (χ1) is 18.0. The molecule has 5 nitrogen and oxygen atoms in total. The average Bonchev–Trinajstić information content (AvgIpc) is 2.83. The Balaban J connectivity index is 1.75. The van der Waals surface area contributed by atoms with Gasteiger partial charge in [-0.2, -0.15) is 0 Å². The van der Waals surface area contributed by atoms with Crippen LogP contribution in [0, 0.1) is 10.8 Å². The van der Waals surface area contributed by atoms with Gasteiger partial charge in [-0.15, -0.1) is 0 Å². The van der Waals surface area contributed by atoms with Gasteiger partial charge >= 0.3 is 0 Å². The number of carbonyl (C=O) groups is 2. The van der Waals surface area contributed by atoms with Crippen LogP contribution in [0.5, 0.6) is 11.5 Å². The Kier molecular flexibility index (Phi) is 7.26. The zero-order valence-electron chi connectivity index (χ0n) is 24.2. The second-order valence-corrected chi connectivity index (χ2v) is 13.3. The van der Waals surface area contributed by atoms with Gasteiger partial charge in [-0.1, -0.05) is 53.0 Å². The van der Waals surface area contributed by atoms with Gasteiger partial charge in [-0.3, -0.25) is 9.59 Å². The Morgan fingerprint density at radius 3 is 1.82 bits per heavy atom. The van der Waals surface area contributed by atoms with E-state index in [0.29, 0.717) is 43.6 Å². The minimum absolute atomic E-state index is 0.102. The molecule has 3 aliphatic carbocycles. The fraction of sp³-hybridized carbons (Fsp3) is 0.636. The standard InChI is InChI=1S/C33H45NO4/c1-7-37-27-15-14-21(16-28(27)38-8-2)29-30-23(17-32(3,4)19-25(30)35)34(22-12-10-9-11-13-22)24-18-33(5,6)20-26(36)31(24)29/h14-16,22,29H,7-13,17-20H2,1-6H3. The summed E-state index contributed by atoms with van der Waals surface area (Å²) in [6.07, 6.45) is 8.69. The summed E-state index contributed by atoms with van der Waals surface area (Å²) in [5.41, 5.74) is 4.82. The predicted molar refractivity (Wildman–Crippen MR) is 150 cm³/mol. The van der Waals surface area contributed by atoms with Gasteiger partial charge in [0.15, 0.2) is 23.1 Å². The number of hydrogen-bond donors (Lipinski definition) is 0. The highest BCUT2D eigenvalue weighted by Gasteiger charge is 2.50. The van der Waals surface area contributed by atoms with Gasteiger partial charge in [0, 0.05) is 47.3 Å². The molecule has 0 amide bonds. The normalized spacial score (nSPS) is 23.9. The van der Waals surface area contributed by atoms with Crippen LogP contribution >= 0.6 is 0 Å². The highest BCUT2D eigenvalue weighted by atomic mass is 16.5. The fourth-order valence-corrected chi connectivity index (χ4v) is 7.36. The Labute approximate surface area is 228 Å². The summed E-state index contributed by atoms with van der Waals surface area (Å²) in [7, 11) is 0. The number of benzene rings is 1. The van der Waals surface area contributed by atoms with E-state index in [9.17, 15) is 9.59 Å². The monoisotopic (exact) mass is 519 g/mol. The second kappa shape index (κ2) is 10.2. The van der Waals surface area contributed by atoms with E-state index in [1.165, 1.54) is 30.7 Å². The first kappa shape index (κ1) is 27.0. The van der Waals surface area contributed by atoms with E-state index in [2.05, 4.69) is 32.6 Å². The maximum Gasteiger partial charge on any atom is 0.162 e. The van der Waals surface area contributed by atoms with Crippen molar-refractivity contribution in [2.45, 2.75) is 111 Å². The highest BCUT2D eigenvalue weighted by Crippen LogP contribution is 2.56. The molecule has 4 aliphatic rings. The molecule has 0 spiro atoms. The Bertz CT molecular complexity index is 1130. The van der Waals surface area contributed by atoms with Gasteiger partial charge in [0.05, 0.1) is 13.2 Å². The first-order valence-corrected chi connectivity index (χ1v) is 14.8. The van der Waals surface area contributed by atoms with Crippen molar-refractivity contribution in [3.8, 4) is 11.5 Å². The number of carbonyl (C=O) groups excluding carboxylic acids is 2. The smallest absolute Gasteiger partial charge is 0.162 e. The third-order valence-electron chi connectivity index (χ3n) is 8.79. The van der Waals surface area contributed by atoms with Gasteiger partial charge < -0.3 is 14.4 Å². The van der Waals surface area contributed by atoms with Crippen molar-refractivity contribution in [1.29, 1.82) is 0 Å². The lowest BCUT2D eigenvalue weighted by molar-refractivity contribution is -0.119. The molecule has 38 heavy (non-hydrogen) atoms. The van der Waals surface area contributed by atoms with Gasteiger partial charge in [-0.25, -0.2) is 0 Å². The fourth-order valence-electron chi connectivity index (χ4n) is 7.36. The topological polar surface area (TPSA) is 55.8 Å². The second-order valence-electron chi connectivity index (χ2n) is 13.3. The third-order valence-corrected chi connectivity index (χ3v) is 8.79. The maximum atomic E-state index is 14.1. The van der Waals surface area contributed by atoms with E-state index >= 15 is 0 Å². The van der Waals surface area contributed by atoms with Crippen LogP contribution in [0.3, 0.4) is 0 Å². The van der Waals surface area contributed by atoms with Gasteiger partial charge in [0.1, 0.15) is 0 Å². The number of ketones is 2. The predicted octanol–water partition coefficient (Wildman–Crippen LogP) is 7.50. The SMILES string of the molecule is CCOc1ccc(C2C3=C(CC(C)(C)CC3=O)N(C3CCCCC3)C3=C2C(=O)CC(C)(C)C3)cc1OCC. The summed E-state index contributed by atoms with van der Waals surface area (Å²) >= 11 is 0. The van der Waals surface area contributed by atoms with Crippen molar-refractivity contribution in [2.24, 2.45) is 10.8 Å². The summed E-state index contributed by atoms with van der Waals surface area (Å²) in [6, 6.07) is 6.38. The molecule has 1 fully saturated rings. The molecule has 1 aromatic carbocycles. The zero-order valence-corrected chi connectivity index (χ0v) is 24.2. The first-order valence-electron chi connectivity index (χ1n) is 14.8. The van der Waals surface area contributed by atoms with Crippen molar-refractivity contribution in [1.82, 2.24) is 4.90 Å². The molecular formula is C33H45NO4. The number of ether oxygens (including phenoxy) is 2. The minimum Gasteiger partial charge on any atom is -0.490 e. The average molecular weight is 520 g/mol. The van der Waals surface area contributed by atoms with Crippen LogP contribution in [-0.4, -0.2) is 35.7 Å². The number of allylic oxidation sites excluding steroid dienone is 4. The Morgan fingerprint density at radius 1 is 0.763 bits per heavy atom. The lowest BCUT2D eigenvalue weighted by Crippen LogP contribution is -2.48. The number of rotatable bonds is 6. The van der Waals surface area contributed by atoms with Crippen LogP contribution in [0.2, 0.25) is 0 Å². The van der Waals surface area contributed by atoms with Crippen molar-refractivity contribution < 1.29 is 19.1 Å². The lowest BCUT2D eigenvalue weighted by Gasteiger charge is -2.52. The quantitative estimate of drug-likeness (QED) is 0.389. The molecule has 0 unspecified atom stereocenters. The zero-order chi connectivity index (χ0) is 27.2. The van der Waals surface area contributed by atoms with Gasteiger partial charge in [0.25, 0.3) is 0 Å². The minimum atomic E-state index is -0.345. The van der Waals surface area contributed by atoms with Crippen LogP contribution in [0.25, 0.3) is 0 Å². The molecule has 0 saturated heterocycles. The molecule has 0 N–H and O–H groups in total. The highest BCUT2D eigenvalue weighted by molar-refractivity contribution is 6.06. The van der Waals surface area contributed by atoms with E-state index in [1.54, 1.807) is 0 Å². The van der Waals surface area contributed by atoms with Crippen LogP contribution in [0.1, 0.15) is 111 Å². The van der Waals surface area contributed by atoms with Crippen LogP contribution in [0.15, 0.2) is 40.7 Å². The largest absolute Gasteiger partial charge is 0.490 e. The van der Waals surface area contributed by atoms with E-state index in [1.807, 2.05) is 32.0 Å². The van der Waals surface area contributed by atoms with Crippen LogP contribution < -0.4 is 9.47 Å². The maximum absolute atomic E-state index is 14.1. The van der Waals surface area contributed by atoms with Crippen molar-refractivity contribution in [3.05, 3.63) is 46.3 Å². The van der Waals surface area contributed by atoms with E-state index in [-0.39, 0.29) is 28.3 Å². The van der Waals surface area contributed by atoms with E-state index < -0.39 is 0 Å². The molecule has 0 bridgehead atoms. The van der Waals surface area contributed by atoms with E-state index in [0.717, 1.165) is 42.4 Å². The van der Waals surface area contributed by atoms with Crippen molar-refractivity contribution >= 4 is 11.6 Å². The number of hydrogen-bond acceptors (Lipinski definition) is 5. The Hall–Kier alpha value is -2.56. The molecular weight excluding hydrogens is 474 g/mol. The van der Waals surface area contributed by atoms with E-state index in [4.69, 9.17) is 9.47 Å². The molecule has 5 rings (SSSR count). The summed E-state index contributed by atoms with van der Waals surface area (Å²) in [6.45, 7) is 13.9. The molecule has 0 atom stereocenters. The number of Topliss-reactive ketones (excluding diaryl/α,β-unsaturated/α-hetero) is 2. The summed E-state index contributed by atoms with van der Waals surface area (Å²) in [4.78, 5) is 30.7. The molecule has 206 valence electrons. The Morgan fingerprint density at radius 2 is 1.29 bits per heavy atom. The molecule has 0 radical (unpaired) electrons. The van der Waals surface area contributed by atoms with Crippen molar-refractivity contribution in [2.75, 3.05) is 13.2 Å². The van der Waals surface area contributed by atoms with Crippen molar-refractivity contribution in [3.63, 3.8) is 0 Å². The summed E-state index contributed by atoms with van der Waals surface area (Å²) < 4.78 is 11.8. The molecule has 1 aromatic rings. The molecule has 1 heterocycles. The molecule has 0 aromatic heterocycles. The lowest BCUT2D eigenvalue weighted by atomic mass is 9.63.